The van der Waals surface area contributed by atoms with E-state index in [-0.39, 0.29) is 42.4 Å². The van der Waals surface area contributed by atoms with Crippen molar-refractivity contribution in [2.75, 3.05) is 71.3 Å². The molecule has 29 heavy (non-hydrogen) atoms. The van der Waals surface area contributed by atoms with Gasteiger partial charge in [0.2, 0.25) is 10.0 Å². The lowest BCUT2D eigenvalue weighted by Gasteiger charge is -2.36. The maximum Gasteiger partial charge on any atom is 0.216 e. The van der Waals surface area contributed by atoms with E-state index in [0.29, 0.717) is 26.2 Å². The van der Waals surface area contributed by atoms with Gasteiger partial charge in [-0.2, -0.15) is 4.31 Å². The Hall–Kier alpha value is -0.170. The lowest BCUT2D eigenvalue weighted by Crippen LogP contribution is -2.54. The van der Waals surface area contributed by atoms with Crippen molar-refractivity contribution in [3.63, 3.8) is 0 Å². The largest absolute Gasteiger partial charge is 0.378 e. The number of hydrogen-bond donors (Lipinski definition) is 1. The van der Waals surface area contributed by atoms with Gasteiger partial charge >= 0.3 is 0 Å². The lowest BCUT2D eigenvalue weighted by molar-refractivity contribution is 0.0904. The summed E-state index contributed by atoms with van der Waals surface area (Å²) in [6, 6.07) is 0. The average Bonchev–Trinajstić information content (AvgIpc) is 2.68. The molecule has 0 amide bonds. The van der Waals surface area contributed by atoms with E-state index in [9.17, 15) is 8.42 Å². The van der Waals surface area contributed by atoms with Gasteiger partial charge in [-0.15, -0.1) is 24.0 Å². The summed E-state index contributed by atoms with van der Waals surface area (Å²) in [6.45, 7) is 13.4. The molecule has 0 aromatic rings. The van der Waals surface area contributed by atoms with Crippen molar-refractivity contribution in [1.82, 2.24) is 19.4 Å². The molecule has 0 bridgehead atoms. The van der Waals surface area contributed by atoms with Crippen LogP contribution in [0.3, 0.4) is 0 Å². The van der Waals surface area contributed by atoms with Crippen LogP contribution in [0.1, 0.15) is 40.0 Å². The van der Waals surface area contributed by atoms with Crippen LogP contribution in [0, 0.1) is 0 Å². The summed E-state index contributed by atoms with van der Waals surface area (Å²) in [4.78, 5) is 9.45. The molecule has 1 N–H and O–H groups in total. The molecule has 2 aliphatic rings. The first-order valence-corrected chi connectivity index (χ1v) is 12.4. The van der Waals surface area contributed by atoms with Gasteiger partial charge < -0.3 is 19.9 Å². The highest BCUT2D eigenvalue weighted by atomic mass is 127. The fraction of sp³-hybridized carbons (Fsp3) is 0.947. The predicted molar refractivity (Wildman–Crippen MR) is 130 cm³/mol. The number of sulfonamides is 1. The molecular formula is C19H40IN5O3S. The van der Waals surface area contributed by atoms with Crippen molar-refractivity contribution in [2.24, 2.45) is 4.99 Å². The molecular weight excluding hydrogens is 505 g/mol. The van der Waals surface area contributed by atoms with Gasteiger partial charge in [-0.25, -0.2) is 8.42 Å². The average molecular weight is 546 g/mol. The molecule has 0 atom stereocenters. The Morgan fingerprint density at radius 1 is 1.07 bits per heavy atom. The highest BCUT2D eigenvalue weighted by molar-refractivity contribution is 14.0. The maximum absolute atomic E-state index is 12.5. The Morgan fingerprint density at radius 2 is 1.72 bits per heavy atom. The molecule has 0 aromatic heterocycles. The van der Waals surface area contributed by atoms with Crippen LogP contribution in [-0.2, 0) is 14.8 Å². The lowest BCUT2D eigenvalue weighted by atomic mass is 10.1. The number of piperazine rings is 1. The smallest absolute Gasteiger partial charge is 0.216 e. The van der Waals surface area contributed by atoms with E-state index < -0.39 is 10.0 Å². The Morgan fingerprint density at radius 3 is 2.31 bits per heavy atom. The number of guanidine groups is 1. The molecule has 2 aliphatic heterocycles. The number of nitrogens with one attached hydrogen (secondary N) is 1. The fourth-order valence-corrected chi connectivity index (χ4v) is 4.89. The molecule has 2 rings (SSSR count). The molecule has 0 aliphatic carbocycles. The Balaban J connectivity index is 0.00000420. The van der Waals surface area contributed by atoms with E-state index in [2.05, 4.69) is 22.0 Å². The van der Waals surface area contributed by atoms with Crippen molar-refractivity contribution in [1.29, 1.82) is 0 Å². The van der Waals surface area contributed by atoms with Crippen LogP contribution in [0.4, 0.5) is 0 Å². The monoisotopic (exact) mass is 545 g/mol. The molecule has 0 saturated carbocycles. The third-order valence-electron chi connectivity index (χ3n) is 5.19. The topological polar surface area (TPSA) is 77.5 Å². The zero-order chi connectivity index (χ0) is 20.4. The normalized spacial score (nSPS) is 20.0. The van der Waals surface area contributed by atoms with E-state index in [0.717, 1.165) is 25.6 Å². The quantitative estimate of drug-likeness (QED) is 0.269. The van der Waals surface area contributed by atoms with Crippen molar-refractivity contribution in [3.05, 3.63) is 0 Å². The van der Waals surface area contributed by atoms with Gasteiger partial charge in [-0.1, -0.05) is 6.42 Å². The van der Waals surface area contributed by atoms with E-state index in [1.165, 1.54) is 32.4 Å². The van der Waals surface area contributed by atoms with Crippen LogP contribution >= 0.6 is 24.0 Å². The second-order valence-corrected chi connectivity index (χ2v) is 9.85. The number of likely N-dealkylation sites (tertiary alicyclic amines) is 1. The molecule has 8 nitrogen and oxygen atoms in total. The third-order valence-corrected chi connectivity index (χ3v) is 7.02. The van der Waals surface area contributed by atoms with E-state index in [1.807, 2.05) is 13.8 Å². The standard InChI is InChI=1S/C19H39N5O3S.HI/c1-4-20-19(21-8-11-22-9-6-5-7-10-22)23-12-14-24(15-13-23)28(25,26)17-16-27-18(2)3;/h18H,4-17H2,1-3H3,(H,20,21);1H. The first kappa shape index (κ1) is 26.9. The van der Waals surface area contributed by atoms with E-state index in [4.69, 9.17) is 9.73 Å². The van der Waals surface area contributed by atoms with Crippen LogP contribution in [-0.4, -0.2) is 106 Å². The van der Waals surface area contributed by atoms with Crippen LogP contribution in [0.25, 0.3) is 0 Å². The first-order valence-electron chi connectivity index (χ1n) is 10.8. The summed E-state index contributed by atoms with van der Waals surface area (Å²) >= 11 is 0. The number of piperidine rings is 1. The number of ether oxygens (including phenoxy) is 1. The minimum atomic E-state index is -3.26. The van der Waals surface area contributed by atoms with Gasteiger partial charge in [-0.3, -0.25) is 4.99 Å². The van der Waals surface area contributed by atoms with Gasteiger partial charge in [0.05, 0.1) is 25.0 Å². The van der Waals surface area contributed by atoms with E-state index in [1.54, 1.807) is 4.31 Å². The maximum atomic E-state index is 12.5. The number of rotatable bonds is 9. The Bertz CT molecular complexity index is 574. The minimum Gasteiger partial charge on any atom is -0.378 e. The molecule has 0 radical (unpaired) electrons. The molecule has 0 unspecified atom stereocenters. The zero-order valence-electron chi connectivity index (χ0n) is 18.3. The summed E-state index contributed by atoms with van der Waals surface area (Å²) in [6.07, 6.45) is 3.99. The van der Waals surface area contributed by atoms with Gasteiger partial charge in [0, 0.05) is 39.3 Å². The van der Waals surface area contributed by atoms with E-state index >= 15 is 0 Å². The fourth-order valence-electron chi connectivity index (χ4n) is 3.60. The van der Waals surface area contributed by atoms with Crippen molar-refractivity contribution in [3.8, 4) is 0 Å². The number of nitrogens with zero attached hydrogens (tertiary/aromatic N) is 4. The van der Waals surface area contributed by atoms with Gasteiger partial charge in [-0.05, 0) is 46.7 Å². The van der Waals surface area contributed by atoms with Gasteiger partial charge in [0.1, 0.15) is 0 Å². The van der Waals surface area contributed by atoms with Crippen molar-refractivity contribution < 1.29 is 13.2 Å². The van der Waals surface area contributed by atoms with Gasteiger partial charge in [0.15, 0.2) is 5.96 Å². The van der Waals surface area contributed by atoms with Crippen LogP contribution in [0.5, 0.6) is 0 Å². The summed E-state index contributed by atoms with van der Waals surface area (Å²) in [5, 5.41) is 3.36. The van der Waals surface area contributed by atoms with Gasteiger partial charge in [0.25, 0.3) is 0 Å². The second kappa shape index (κ2) is 14.0. The van der Waals surface area contributed by atoms with Crippen molar-refractivity contribution >= 4 is 40.0 Å². The number of aliphatic imine (C=N–C) groups is 1. The van der Waals surface area contributed by atoms with Crippen LogP contribution in [0.2, 0.25) is 0 Å². The third kappa shape index (κ3) is 9.67. The summed E-state index contributed by atoms with van der Waals surface area (Å²) in [5.41, 5.74) is 0. The molecule has 0 aromatic carbocycles. The summed E-state index contributed by atoms with van der Waals surface area (Å²) < 4.78 is 32.0. The zero-order valence-corrected chi connectivity index (χ0v) is 21.5. The van der Waals surface area contributed by atoms with Crippen LogP contribution < -0.4 is 5.32 Å². The Kier molecular flexibility index (Phi) is 13.0. The molecule has 2 heterocycles. The molecule has 0 spiro atoms. The summed E-state index contributed by atoms with van der Waals surface area (Å²) in [5.74, 6) is 0.953. The first-order chi connectivity index (χ1) is 13.4. The molecule has 172 valence electrons. The molecule has 2 fully saturated rings. The highest BCUT2D eigenvalue weighted by Crippen LogP contribution is 2.10. The van der Waals surface area contributed by atoms with Crippen molar-refractivity contribution in [2.45, 2.75) is 46.1 Å². The minimum absolute atomic E-state index is 0. The number of halogens is 1. The number of hydrogen-bond acceptors (Lipinski definition) is 5. The second-order valence-electron chi connectivity index (χ2n) is 7.76. The molecule has 10 heteroatoms. The van der Waals surface area contributed by atoms with Crippen LogP contribution in [0.15, 0.2) is 4.99 Å². The predicted octanol–water partition coefficient (Wildman–Crippen LogP) is 1.43. The Labute approximate surface area is 194 Å². The molecule has 2 saturated heterocycles. The summed E-state index contributed by atoms with van der Waals surface area (Å²) in [7, 11) is -3.26. The highest BCUT2D eigenvalue weighted by Gasteiger charge is 2.28. The SMILES string of the molecule is CCNC(=NCCN1CCCCC1)N1CCN(S(=O)(=O)CCOC(C)C)CC1.I.